The summed E-state index contributed by atoms with van der Waals surface area (Å²) in [5, 5.41) is 8.56. The Morgan fingerprint density at radius 3 is 3.00 bits per heavy atom. The zero-order chi connectivity index (χ0) is 11.5. The van der Waals surface area contributed by atoms with Crippen molar-refractivity contribution >= 4 is 12.0 Å². The predicted octanol–water partition coefficient (Wildman–Crippen LogP) is 1.77. The van der Waals surface area contributed by atoms with E-state index < -0.39 is 5.97 Å². The van der Waals surface area contributed by atoms with Gasteiger partial charge in [0.1, 0.15) is 0 Å². The van der Waals surface area contributed by atoms with Crippen LogP contribution in [-0.2, 0) is 17.8 Å². The number of fused-ring (bicyclic) bond motifs is 1. The first-order chi connectivity index (χ1) is 7.65. The van der Waals surface area contributed by atoms with Crippen LogP contribution in [0.2, 0.25) is 0 Å². The molecule has 0 radical (unpaired) electrons. The molecule has 1 aromatic rings. The quantitative estimate of drug-likeness (QED) is 0.767. The standard InChI is InChI=1S/C13H15NO2/c1-14-7-6-11-4-2-10(3-5-13(15)16)8-12(11)9-14/h2-5,8H,6-7,9H2,1H3,(H,15,16)/b5-3+. The third-order valence-electron chi connectivity index (χ3n) is 2.85. The van der Waals surface area contributed by atoms with E-state index in [1.54, 1.807) is 6.08 Å². The van der Waals surface area contributed by atoms with Crippen LogP contribution in [0.3, 0.4) is 0 Å². The number of nitrogens with zero attached hydrogens (tertiary/aromatic N) is 1. The van der Waals surface area contributed by atoms with Crippen LogP contribution in [0, 0.1) is 0 Å². The van der Waals surface area contributed by atoms with Gasteiger partial charge in [-0.25, -0.2) is 4.79 Å². The van der Waals surface area contributed by atoms with E-state index in [2.05, 4.69) is 24.1 Å². The largest absolute Gasteiger partial charge is 0.478 e. The molecular weight excluding hydrogens is 202 g/mol. The van der Waals surface area contributed by atoms with E-state index in [9.17, 15) is 4.79 Å². The normalized spacial score (nSPS) is 16.3. The predicted molar refractivity (Wildman–Crippen MR) is 63.1 cm³/mol. The van der Waals surface area contributed by atoms with Crippen molar-refractivity contribution in [3.05, 3.63) is 41.0 Å². The maximum Gasteiger partial charge on any atom is 0.328 e. The highest BCUT2D eigenvalue weighted by Crippen LogP contribution is 2.19. The maximum atomic E-state index is 10.4. The minimum atomic E-state index is -0.908. The fraction of sp³-hybridized carbons (Fsp3) is 0.308. The van der Waals surface area contributed by atoms with Crippen LogP contribution in [0.4, 0.5) is 0 Å². The smallest absolute Gasteiger partial charge is 0.328 e. The Kier molecular flexibility index (Phi) is 3.06. The molecular formula is C13H15NO2. The highest BCUT2D eigenvalue weighted by Gasteiger charge is 2.12. The summed E-state index contributed by atoms with van der Waals surface area (Å²) in [7, 11) is 2.10. The maximum absolute atomic E-state index is 10.4. The molecule has 1 aliphatic heterocycles. The van der Waals surface area contributed by atoms with Crippen molar-refractivity contribution in [1.82, 2.24) is 4.90 Å². The number of hydrogen-bond donors (Lipinski definition) is 1. The van der Waals surface area contributed by atoms with Gasteiger partial charge in [0, 0.05) is 19.2 Å². The molecule has 2 rings (SSSR count). The summed E-state index contributed by atoms with van der Waals surface area (Å²) in [5.41, 5.74) is 3.64. The van der Waals surface area contributed by atoms with Gasteiger partial charge in [-0.05, 0) is 36.2 Å². The molecule has 0 fully saturated rings. The third-order valence-corrected chi connectivity index (χ3v) is 2.85. The first-order valence-corrected chi connectivity index (χ1v) is 5.36. The second-order valence-electron chi connectivity index (χ2n) is 4.19. The Labute approximate surface area is 95.0 Å². The minimum absolute atomic E-state index is 0.908. The van der Waals surface area contributed by atoms with E-state index in [0.717, 1.165) is 25.1 Å². The Hall–Kier alpha value is -1.61. The first kappa shape index (κ1) is 10.9. The average Bonchev–Trinajstić information content (AvgIpc) is 2.25. The lowest BCUT2D eigenvalue weighted by molar-refractivity contribution is -0.131. The van der Waals surface area contributed by atoms with Crippen molar-refractivity contribution in [1.29, 1.82) is 0 Å². The summed E-state index contributed by atoms with van der Waals surface area (Å²) < 4.78 is 0. The van der Waals surface area contributed by atoms with Gasteiger partial charge in [-0.15, -0.1) is 0 Å². The lowest BCUT2D eigenvalue weighted by atomic mass is 9.97. The fourth-order valence-electron chi connectivity index (χ4n) is 1.99. The number of carbonyl (C=O) groups is 1. The Balaban J connectivity index is 2.24. The Bertz CT molecular complexity index is 438. The summed E-state index contributed by atoms with van der Waals surface area (Å²) in [6.07, 6.45) is 3.89. The molecule has 0 unspecified atom stereocenters. The van der Waals surface area contributed by atoms with Crippen molar-refractivity contribution < 1.29 is 9.90 Å². The number of hydrogen-bond acceptors (Lipinski definition) is 2. The third kappa shape index (κ3) is 2.49. The molecule has 0 saturated heterocycles. The number of likely N-dealkylation sites (N-methyl/N-ethyl adjacent to an activating group) is 1. The molecule has 0 aliphatic carbocycles. The zero-order valence-corrected chi connectivity index (χ0v) is 9.31. The number of carboxylic acids is 1. The highest BCUT2D eigenvalue weighted by molar-refractivity contribution is 5.85. The van der Waals surface area contributed by atoms with E-state index in [1.807, 2.05) is 6.07 Å². The molecule has 0 aromatic heterocycles. The van der Waals surface area contributed by atoms with Crippen LogP contribution in [-0.4, -0.2) is 29.6 Å². The molecule has 0 bridgehead atoms. The van der Waals surface area contributed by atoms with Gasteiger partial charge in [0.15, 0.2) is 0 Å². The second-order valence-corrected chi connectivity index (χ2v) is 4.19. The van der Waals surface area contributed by atoms with E-state index in [1.165, 1.54) is 17.2 Å². The number of aliphatic carboxylic acids is 1. The topological polar surface area (TPSA) is 40.5 Å². The molecule has 0 saturated carbocycles. The molecule has 0 atom stereocenters. The number of rotatable bonds is 2. The van der Waals surface area contributed by atoms with E-state index >= 15 is 0 Å². The van der Waals surface area contributed by atoms with Crippen molar-refractivity contribution in [2.45, 2.75) is 13.0 Å². The lowest BCUT2D eigenvalue weighted by Gasteiger charge is -2.25. The molecule has 0 spiro atoms. The fourth-order valence-corrected chi connectivity index (χ4v) is 1.99. The Morgan fingerprint density at radius 1 is 1.44 bits per heavy atom. The van der Waals surface area contributed by atoms with Crippen LogP contribution >= 0.6 is 0 Å². The Morgan fingerprint density at radius 2 is 2.25 bits per heavy atom. The van der Waals surface area contributed by atoms with Crippen LogP contribution in [0.25, 0.3) is 6.08 Å². The summed E-state index contributed by atoms with van der Waals surface area (Å²) in [6.45, 7) is 2.04. The monoisotopic (exact) mass is 217 g/mol. The van der Waals surface area contributed by atoms with Gasteiger partial charge in [0.2, 0.25) is 0 Å². The second kappa shape index (κ2) is 4.49. The molecule has 1 aromatic carbocycles. The van der Waals surface area contributed by atoms with Crippen molar-refractivity contribution in [2.75, 3.05) is 13.6 Å². The van der Waals surface area contributed by atoms with E-state index in [4.69, 9.17) is 5.11 Å². The molecule has 1 heterocycles. The number of carboxylic acid groups (broad SMARTS) is 1. The average molecular weight is 217 g/mol. The van der Waals surface area contributed by atoms with Gasteiger partial charge in [-0.3, -0.25) is 0 Å². The number of benzene rings is 1. The van der Waals surface area contributed by atoms with Crippen molar-refractivity contribution in [3.8, 4) is 0 Å². The van der Waals surface area contributed by atoms with Gasteiger partial charge in [-0.2, -0.15) is 0 Å². The molecule has 3 heteroatoms. The molecule has 1 N–H and O–H groups in total. The molecule has 0 amide bonds. The van der Waals surface area contributed by atoms with Gasteiger partial charge in [0.05, 0.1) is 0 Å². The van der Waals surface area contributed by atoms with Crippen LogP contribution in [0.5, 0.6) is 0 Å². The van der Waals surface area contributed by atoms with Crippen LogP contribution in [0.15, 0.2) is 24.3 Å². The SMILES string of the molecule is CN1CCc2ccc(/C=C/C(=O)O)cc2C1. The summed E-state index contributed by atoms with van der Waals surface area (Å²) in [4.78, 5) is 12.7. The first-order valence-electron chi connectivity index (χ1n) is 5.36. The van der Waals surface area contributed by atoms with Crippen molar-refractivity contribution in [2.24, 2.45) is 0 Å². The van der Waals surface area contributed by atoms with E-state index in [0.29, 0.717) is 0 Å². The van der Waals surface area contributed by atoms with Crippen LogP contribution < -0.4 is 0 Å². The lowest BCUT2D eigenvalue weighted by Crippen LogP contribution is -2.26. The molecule has 84 valence electrons. The highest BCUT2D eigenvalue weighted by atomic mass is 16.4. The minimum Gasteiger partial charge on any atom is -0.478 e. The molecule has 3 nitrogen and oxygen atoms in total. The van der Waals surface area contributed by atoms with Crippen LogP contribution in [0.1, 0.15) is 16.7 Å². The van der Waals surface area contributed by atoms with Gasteiger partial charge in [0.25, 0.3) is 0 Å². The molecule has 1 aliphatic rings. The van der Waals surface area contributed by atoms with Gasteiger partial charge >= 0.3 is 5.97 Å². The van der Waals surface area contributed by atoms with Gasteiger partial charge < -0.3 is 10.0 Å². The summed E-state index contributed by atoms with van der Waals surface area (Å²) in [5.74, 6) is -0.908. The van der Waals surface area contributed by atoms with Crippen molar-refractivity contribution in [3.63, 3.8) is 0 Å². The van der Waals surface area contributed by atoms with E-state index in [-0.39, 0.29) is 0 Å². The summed E-state index contributed by atoms with van der Waals surface area (Å²) >= 11 is 0. The zero-order valence-electron chi connectivity index (χ0n) is 9.31. The van der Waals surface area contributed by atoms with Gasteiger partial charge in [-0.1, -0.05) is 18.2 Å². The molecule has 16 heavy (non-hydrogen) atoms. The summed E-state index contributed by atoms with van der Waals surface area (Å²) in [6, 6.07) is 6.15.